The van der Waals surface area contributed by atoms with Crippen LogP contribution in [0.1, 0.15) is 54.0 Å². The van der Waals surface area contributed by atoms with Gasteiger partial charge in [0.2, 0.25) is 0 Å². The van der Waals surface area contributed by atoms with Crippen molar-refractivity contribution < 1.29 is 0 Å². The second-order valence-electron chi connectivity index (χ2n) is 9.13. The van der Waals surface area contributed by atoms with Crippen LogP contribution in [0.5, 0.6) is 0 Å². The SMILES string of the molecule is C/C=C\C(=C/C(C)(C)C)N(c1ccccc1)c1ccc(C(C)(C)C)cc1N. The summed E-state index contributed by atoms with van der Waals surface area (Å²) in [5.41, 5.74) is 11.9. The van der Waals surface area contributed by atoms with E-state index >= 15 is 0 Å². The minimum Gasteiger partial charge on any atom is -0.397 e. The van der Waals surface area contributed by atoms with Crippen molar-refractivity contribution in [2.24, 2.45) is 5.41 Å². The van der Waals surface area contributed by atoms with Crippen LogP contribution in [0.3, 0.4) is 0 Å². The number of allylic oxidation sites excluding steroid dienone is 3. The molecule has 0 fully saturated rings. The second-order valence-corrected chi connectivity index (χ2v) is 9.13. The maximum atomic E-state index is 6.56. The number of anilines is 3. The fourth-order valence-corrected chi connectivity index (χ4v) is 3.03. The minimum absolute atomic E-state index is 0.0436. The quantitative estimate of drug-likeness (QED) is 0.460. The Morgan fingerprint density at radius 1 is 0.926 bits per heavy atom. The van der Waals surface area contributed by atoms with Crippen molar-refractivity contribution in [2.75, 3.05) is 10.6 Å². The molecule has 2 rings (SSSR count). The number of para-hydroxylation sites is 1. The fraction of sp³-hybridized carbons (Fsp3) is 0.360. The molecular formula is C25H34N2. The highest BCUT2D eigenvalue weighted by atomic mass is 15.2. The molecule has 0 heterocycles. The van der Waals surface area contributed by atoms with E-state index in [1.54, 1.807) is 0 Å². The van der Waals surface area contributed by atoms with Crippen molar-refractivity contribution in [1.29, 1.82) is 0 Å². The van der Waals surface area contributed by atoms with E-state index in [1.807, 2.05) is 13.0 Å². The lowest BCUT2D eigenvalue weighted by Gasteiger charge is -2.30. The minimum atomic E-state index is 0.0436. The van der Waals surface area contributed by atoms with Crippen LogP contribution in [0.25, 0.3) is 0 Å². The number of benzene rings is 2. The molecular weight excluding hydrogens is 328 g/mol. The molecule has 2 heteroatoms. The molecule has 0 amide bonds. The summed E-state index contributed by atoms with van der Waals surface area (Å²) in [6.45, 7) is 15.3. The van der Waals surface area contributed by atoms with E-state index < -0.39 is 0 Å². The molecule has 27 heavy (non-hydrogen) atoms. The molecule has 144 valence electrons. The zero-order chi connectivity index (χ0) is 20.2. The third kappa shape index (κ3) is 5.50. The van der Waals surface area contributed by atoms with Crippen LogP contribution in [-0.2, 0) is 5.41 Å². The summed E-state index contributed by atoms with van der Waals surface area (Å²) in [6, 6.07) is 16.8. The van der Waals surface area contributed by atoms with Gasteiger partial charge in [-0.25, -0.2) is 0 Å². The van der Waals surface area contributed by atoms with Crippen LogP contribution in [0.4, 0.5) is 17.1 Å². The molecule has 2 N–H and O–H groups in total. The molecule has 0 aromatic heterocycles. The normalized spacial score (nSPS) is 13.2. The van der Waals surface area contributed by atoms with Crippen LogP contribution in [0, 0.1) is 5.41 Å². The molecule has 2 nitrogen and oxygen atoms in total. The second kappa shape index (κ2) is 8.04. The third-order valence-corrected chi connectivity index (χ3v) is 4.33. The summed E-state index contributed by atoms with van der Waals surface area (Å²) in [4.78, 5) is 2.24. The van der Waals surface area contributed by atoms with Crippen molar-refractivity contribution in [1.82, 2.24) is 0 Å². The van der Waals surface area contributed by atoms with Crippen LogP contribution in [-0.4, -0.2) is 0 Å². The average molecular weight is 363 g/mol. The van der Waals surface area contributed by atoms with Crippen molar-refractivity contribution in [3.05, 3.63) is 78.0 Å². The Labute approximate surface area is 165 Å². The molecule has 0 unspecified atom stereocenters. The first kappa shape index (κ1) is 20.8. The summed E-state index contributed by atoms with van der Waals surface area (Å²) >= 11 is 0. The Hall–Kier alpha value is -2.48. The fourth-order valence-electron chi connectivity index (χ4n) is 3.03. The van der Waals surface area contributed by atoms with E-state index in [0.717, 1.165) is 22.8 Å². The molecule has 0 aliphatic carbocycles. The molecule has 0 aliphatic heterocycles. The van der Waals surface area contributed by atoms with Gasteiger partial charge in [-0.1, -0.05) is 78.0 Å². The van der Waals surface area contributed by atoms with E-state index in [1.165, 1.54) is 5.56 Å². The predicted octanol–water partition coefficient (Wildman–Crippen LogP) is 7.21. The Kier molecular flexibility index (Phi) is 6.20. The van der Waals surface area contributed by atoms with E-state index in [9.17, 15) is 0 Å². The van der Waals surface area contributed by atoms with Gasteiger partial charge in [-0.15, -0.1) is 0 Å². The lowest BCUT2D eigenvalue weighted by molar-refractivity contribution is 0.540. The van der Waals surface area contributed by atoms with Gasteiger partial charge in [0.1, 0.15) is 0 Å². The molecule has 0 radical (unpaired) electrons. The van der Waals surface area contributed by atoms with Crippen LogP contribution in [0.2, 0.25) is 0 Å². The van der Waals surface area contributed by atoms with E-state index in [-0.39, 0.29) is 10.8 Å². The summed E-state index contributed by atoms with van der Waals surface area (Å²) in [6.07, 6.45) is 6.51. The lowest BCUT2D eigenvalue weighted by atomic mass is 9.86. The maximum Gasteiger partial charge on any atom is 0.0691 e. The molecule has 2 aromatic rings. The Balaban J connectivity index is 2.69. The largest absolute Gasteiger partial charge is 0.397 e. The van der Waals surface area contributed by atoms with Crippen molar-refractivity contribution in [3.63, 3.8) is 0 Å². The molecule has 2 aromatic carbocycles. The number of nitrogens with two attached hydrogens (primary N) is 1. The topological polar surface area (TPSA) is 29.3 Å². The van der Waals surface area contributed by atoms with Gasteiger partial charge in [0.15, 0.2) is 0 Å². The Bertz CT molecular complexity index is 816. The first-order chi connectivity index (χ1) is 12.5. The van der Waals surface area contributed by atoms with Gasteiger partial charge in [-0.3, -0.25) is 0 Å². The molecule has 0 saturated carbocycles. The van der Waals surface area contributed by atoms with Gasteiger partial charge < -0.3 is 10.6 Å². The highest BCUT2D eigenvalue weighted by Crippen LogP contribution is 2.38. The first-order valence-electron chi connectivity index (χ1n) is 9.63. The zero-order valence-corrected chi connectivity index (χ0v) is 17.9. The summed E-state index contributed by atoms with van der Waals surface area (Å²) in [5.74, 6) is 0. The van der Waals surface area contributed by atoms with E-state index in [4.69, 9.17) is 5.73 Å². The smallest absolute Gasteiger partial charge is 0.0691 e. The van der Waals surface area contributed by atoms with Crippen LogP contribution in [0.15, 0.2) is 72.5 Å². The van der Waals surface area contributed by atoms with Crippen molar-refractivity contribution in [3.8, 4) is 0 Å². The van der Waals surface area contributed by atoms with Crippen LogP contribution < -0.4 is 10.6 Å². The molecule has 0 spiro atoms. The van der Waals surface area contributed by atoms with E-state index in [0.29, 0.717) is 0 Å². The Morgan fingerprint density at radius 3 is 2.04 bits per heavy atom. The van der Waals surface area contributed by atoms with Crippen LogP contribution >= 0.6 is 0 Å². The molecule has 0 aliphatic rings. The summed E-state index contributed by atoms with van der Waals surface area (Å²) in [5, 5.41) is 0. The first-order valence-corrected chi connectivity index (χ1v) is 9.63. The summed E-state index contributed by atoms with van der Waals surface area (Å²) in [7, 11) is 0. The van der Waals surface area contributed by atoms with Gasteiger partial charge >= 0.3 is 0 Å². The average Bonchev–Trinajstić information content (AvgIpc) is 2.55. The molecule has 0 atom stereocenters. The molecule has 0 saturated heterocycles. The number of hydrogen-bond acceptors (Lipinski definition) is 2. The summed E-state index contributed by atoms with van der Waals surface area (Å²) < 4.78 is 0. The number of rotatable bonds is 4. The van der Waals surface area contributed by atoms with Gasteiger partial charge in [0.25, 0.3) is 0 Å². The molecule has 0 bridgehead atoms. The van der Waals surface area contributed by atoms with Gasteiger partial charge in [0, 0.05) is 11.4 Å². The Morgan fingerprint density at radius 2 is 1.56 bits per heavy atom. The van der Waals surface area contributed by atoms with Gasteiger partial charge in [-0.05, 0) is 53.7 Å². The highest BCUT2D eigenvalue weighted by Gasteiger charge is 2.20. The van der Waals surface area contributed by atoms with Crippen molar-refractivity contribution >= 4 is 17.1 Å². The third-order valence-electron chi connectivity index (χ3n) is 4.33. The standard InChI is InChI=1S/C25H34N2/c1-8-12-21(18-24(2,3)4)27(20-13-10-9-11-14-20)23-16-15-19(17-22(23)26)25(5,6)7/h8-18H,26H2,1-7H3/b12-8-,21-18+. The van der Waals surface area contributed by atoms with Crippen molar-refractivity contribution in [2.45, 2.75) is 53.9 Å². The lowest BCUT2D eigenvalue weighted by Crippen LogP contribution is -2.20. The van der Waals surface area contributed by atoms with Gasteiger partial charge in [-0.2, -0.15) is 0 Å². The zero-order valence-electron chi connectivity index (χ0n) is 17.9. The number of hydrogen-bond donors (Lipinski definition) is 1. The highest BCUT2D eigenvalue weighted by molar-refractivity contribution is 5.79. The van der Waals surface area contributed by atoms with E-state index in [2.05, 4.69) is 107 Å². The number of nitrogens with zero attached hydrogens (tertiary/aromatic N) is 1. The predicted molar refractivity (Wildman–Crippen MR) is 120 cm³/mol. The number of nitrogen functional groups attached to an aromatic ring is 1. The maximum absolute atomic E-state index is 6.56. The monoisotopic (exact) mass is 362 g/mol. The van der Waals surface area contributed by atoms with Gasteiger partial charge in [0.05, 0.1) is 11.4 Å².